The maximum absolute atomic E-state index is 15.8. The molecule has 12 nitrogen and oxygen atoms in total. The first kappa shape index (κ1) is 45.6. The summed E-state index contributed by atoms with van der Waals surface area (Å²) in [5.74, 6) is -4.16. The fourth-order valence-electron chi connectivity index (χ4n) is 4.70. The van der Waals surface area contributed by atoms with E-state index >= 15 is 4.39 Å². The van der Waals surface area contributed by atoms with Gasteiger partial charge in [0.15, 0.2) is 11.6 Å². The number of amidine groups is 1. The van der Waals surface area contributed by atoms with Crippen LogP contribution < -0.4 is 24.8 Å². The highest BCUT2D eigenvalue weighted by Gasteiger charge is 2.39. The minimum absolute atomic E-state index is 0.0383. The van der Waals surface area contributed by atoms with Gasteiger partial charge in [0.2, 0.25) is 5.95 Å². The van der Waals surface area contributed by atoms with Crippen molar-refractivity contribution in [3.8, 4) is 28.5 Å². The third-order valence-corrected chi connectivity index (χ3v) is 7.28. The Morgan fingerprint density at radius 2 is 1.47 bits per heavy atom. The van der Waals surface area contributed by atoms with Crippen molar-refractivity contribution in [2.45, 2.75) is 52.4 Å². The summed E-state index contributed by atoms with van der Waals surface area (Å²) >= 11 is 0. The number of hydrogen-bond acceptors (Lipinski definition) is 8. The van der Waals surface area contributed by atoms with Crippen molar-refractivity contribution in [2.75, 3.05) is 11.5 Å². The molecule has 0 atom stereocenters. The fraction of sp³-hybridized carbons (Fsp3) is 0.231. The molecule has 19 heteroatoms. The molecule has 1 aromatic heterocycles. The number of aromatic amines is 1. The maximum atomic E-state index is 15.8. The topological polar surface area (TPSA) is 184 Å². The number of carboxylic acids is 2. The Hall–Kier alpha value is -6.79. The maximum Gasteiger partial charge on any atom is 0.490 e. The molecule has 1 heterocycles. The number of H-pyrrole nitrogens is 1. The summed E-state index contributed by atoms with van der Waals surface area (Å²) in [7, 11) is 0. The molecule has 0 amide bonds. The summed E-state index contributed by atoms with van der Waals surface area (Å²) < 4.78 is 96.9. The Bertz CT molecular complexity index is 2100. The standard InChI is InChI=1S/C35H36FN5O3.2C2HF3O2/c1-4-42-30-18-27(33(36)32(19-30)44-23(2)3)21-41(28-15-13-25(14-16-28)34(37)38)35-39-20-31(40-35)26-11-8-12-29(17-26)43-22-24-9-6-5-7-10-24;2*3-2(4,5)1(6)7/h5-20,23H,4,21-22H2,1-3H3,(H3,37,38)(H,39,40);2*(H,6,7). The highest BCUT2D eigenvalue weighted by atomic mass is 19.4. The predicted molar refractivity (Wildman–Crippen MR) is 199 cm³/mol. The third-order valence-electron chi connectivity index (χ3n) is 7.28. The lowest BCUT2D eigenvalue weighted by Crippen LogP contribution is -2.21. The molecule has 310 valence electrons. The fourth-order valence-corrected chi connectivity index (χ4v) is 4.70. The predicted octanol–water partition coefficient (Wildman–Crippen LogP) is 8.87. The lowest BCUT2D eigenvalue weighted by molar-refractivity contribution is -0.193. The average Bonchev–Trinajstić information content (AvgIpc) is 3.65. The number of nitrogens with two attached hydrogens (primary N) is 1. The Morgan fingerprint density at radius 3 is 2.00 bits per heavy atom. The normalized spacial score (nSPS) is 11.0. The first-order chi connectivity index (χ1) is 27.2. The van der Waals surface area contributed by atoms with Crippen molar-refractivity contribution in [1.29, 1.82) is 5.41 Å². The van der Waals surface area contributed by atoms with Crippen LogP contribution in [0.15, 0.2) is 97.2 Å². The zero-order chi connectivity index (χ0) is 43.2. The van der Waals surface area contributed by atoms with Gasteiger partial charge in [0.25, 0.3) is 0 Å². The highest BCUT2D eigenvalue weighted by Crippen LogP contribution is 2.34. The van der Waals surface area contributed by atoms with Gasteiger partial charge in [-0.25, -0.2) is 19.0 Å². The van der Waals surface area contributed by atoms with Crippen LogP contribution in [-0.4, -0.2) is 63.0 Å². The molecule has 4 aromatic carbocycles. The number of nitrogens with one attached hydrogen (secondary N) is 2. The van der Waals surface area contributed by atoms with Crippen LogP contribution in [0.25, 0.3) is 11.3 Å². The quantitative estimate of drug-likeness (QED) is 0.0437. The second-order valence-electron chi connectivity index (χ2n) is 12.1. The zero-order valence-corrected chi connectivity index (χ0v) is 31.0. The molecule has 0 aliphatic heterocycles. The van der Waals surface area contributed by atoms with Gasteiger partial charge >= 0.3 is 24.3 Å². The van der Waals surface area contributed by atoms with Crippen molar-refractivity contribution < 1.29 is 64.7 Å². The second kappa shape index (κ2) is 20.4. The number of carbonyl (C=O) groups is 2. The SMILES string of the molecule is CCOc1cc(CN(c2ccc(C(=N)N)cc2)c2ncc(-c3cccc(OCc4ccccc4)c3)[nH]2)c(F)c(OC(C)C)c1.O=C(O)C(F)(F)F.O=C(O)C(F)(F)F. The zero-order valence-electron chi connectivity index (χ0n) is 31.0. The number of hydrogen-bond donors (Lipinski definition) is 5. The first-order valence-electron chi connectivity index (χ1n) is 17.0. The Kier molecular flexibility index (Phi) is 16.0. The van der Waals surface area contributed by atoms with Crippen LogP contribution >= 0.6 is 0 Å². The number of nitrogen functional groups attached to an aromatic ring is 1. The number of halogens is 7. The van der Waals surface area contributed by atoms with Gasteiger partial charge in [-0.05, 0) is 68.8 Å². The number of alkyl halides is 6. The molecule has 0 aliphatic rings. The van der Waals surface area contributed by atoms with Gasteiger partial charge in [0.05, 0.1) is 31.1 Å². The molecule has 6 N–H and O–H groups in total. The molecule has 5 rings (SSSR count). The lowest BCUT2D eigenvalue weighted by atomic mass is 10.1. The summed E-state index contributed by atoms with van der Waals surface area (Å²) in [6, 6.07) is 28.2. The number of imidazole rings is 1. The summed E-state index contributed by atoms with van der Waals surface area (Å²) in [5, 5.41) is 22.0. The molecule has 58 heavy (non-hydrogen) atoms. The van der Waals surface area contributed by atoms with E-state index in [0.717, 1.165) is 28.3 Å². The van der Waals surface area contributed by atoms with Crippen LogP contribution in [0.2, 0.25) is 0 Å². The van der Waals surface area contributed by atoms with E-state index in [1.807, 2.05) is 92.4 Å². The van der Waals surface area contributed by atoms with Crippen LogP contribution in [0.4, 0.5) is 42.4 Å². The van der Waals surface area contributed by atoms with Crippen LogP contribution in [0, 0.1) is 11.2 Å². The largest absolute Gasteiger partial charge is 0.494 e. The molecule has 0 saturated carbocycles. The molecule has 0 aliphatic carbocycles. The van der Waals surface area contributed by atoms with Crippen LogP contribution in [0.5, 0.6) is 17.2 Å². The van der Waals surface area contributed by atoms with Crippen molar-refractivity contribution in [1.82, 2.24) is 9.97 Å². The van der Waals surface area contributed by atoms with Gasteiger partial charge in [-0.1, -0.05) is 42.5 Å². The van der Waals surface area contributed by atoms with Gasteiger partial charge in [0.1, 0.15) is 23.9 Å². The Balaban J connectivity index is 0.000000550. The summed E-state index contributed by atoms with van der Waals surface area (Å²) in [6.45, 7) is 6.58. The van der Waals surface area contributed by atoms with E-state index in [1.165, 1.54) is 0 Å². The van der Waals surface area contributed by atoms with Crippen molar-refractivity contribution in [3.05, 3.63) is 120 Å². The number of aliphatic carboxylic acids is 2. The molecular formula is C39H38F7N5O7. The van der Waals surface area contributed by atoms with Gasteiger partial charge in [-0.2, -0.15) is 26.3 Å². The Morgan fingerprint density at radius 1 is 0.862 bits per heavy atom. The molecular weight excluding hydrogens is 783 g/mol. The molecule has 0 bridgehead atoms. The minimum Gasteiger partial charge on any atom is -0.494 e. The van der Waals surface area contributed by atoms with Crippen LogP contribution in [0.3, 0.4) is 0 Å². The molecule has 0 spiro atoms. The van der Waals surface area contributed by atoms with E-state index in [9.17, 15) is 26.3 Å². The van der Waals surface area contributed by atoms with E-state index < -0.39 is 30.1 Å². The van der Waals surface area contributed by atoms with E-state index in [-0.39, 0.29) is 24.2 Å². The molecule has 0 unspecified atom stereocenters. The summed E-state index contributed by atoms with van der Waals surface area (Å²) in [6.07, 6.45) is -8.65. The Labute approximate surface area is 327 Å². The van der Waals surface area contributed by atoms with E-state index in [1.54, 1.807) is 30.5 Å². The van der Waals surface area contributed by atoms with Crippen molar-refractivity contribution in [3.63, 3.8) is 0 Å². The van der Waals surface area contributed by atoms with Crippen LogP contribution in [-0.2, 0) is 22.7 Å². The number of benzene rings is 4. The number of carboxylic acid groups (broad SMARTS) is 2. The van der Waals surface area contributed by atoms with Gasteiger partial charge in [-0.3, -0.25) is 5.41 Å². The average molecular weight is 822 g/mol. The van der Waals surface area contributed by atoms with Gasteiger partial charge in [-0.15, -0.1) is 0 Å². The molecule has 5 aromatic rings. The number of aromatic nitrogens is 2. The van der Waals surface area contributed by atoms with E-state index in [4.69, 9.17) is 45.2 Å². The molecule has 0 radical (unpaired) electrons. The van der Waals surface area contributed by atoms with Gasteiger partial charge < -0.3 is 40.0 Å². The smallest absolute Gasteiger partial charge is 0.490 e. The highest BCUT2D eigenvalue weighted by molar-refractivity contribution is 5.95. The lowest BCUT2D eigenvalue weighted by Gasteiger charge is -2.24. The van der Waals surface area contributed by atoms with Gasteiger partial charge in [0, 0.05) is 28.4 Å². The number of anilines is 2. The summed E-state index contributed by atoms with van der Waals surface area (Å²) in [5.41, 5.74) is 10.1. The number of rotatable bonds is 13. The molecule has 0 fully saturated rings. The van der Waals surface area contributed by atoms with Crippen molar-refractivity contribution >= 4 is 29.4 Å². The first-order valence-corrected chi connectivity index (χ1v) is 17.0. The van der Waals surface area contributed by atoms with Crippen molar-refractivity contribution in [2.24, 2.45) is 5.73 Å². The van der Waals surface area contributed by atoms with Crippen LogP contribution in [0.1, 0.15) is 37.5 Å². The third kappa shape index (κ3) is 14.1. The second-order valence-corrected chi connectivity index (χ2v) is 12.1. The molecule has 0 saturated heterocycles. The number of nitrogens with zero attached hydrogens (tertiary/aromatic N) is 2. The number of ether oxygens (including phenoxy) is 3. The van der Waals surface area contributed by atoms with E-state index in [0.29, 0.717) is 36.0 Å². The monoisotopic (exact) mass is 821 g/mol. The summed E-state index contributed by atoms with van der Waals surface area (Å²) in [4.78, 5) is 27.7. The van der Waals surface area contributed by atoms with E-state index in [2.05, 4.69) is 9.97 Å². The minimum atomic E-state index is -5.08.